The zero-order valence-electron chi connectivity index (χ0n) is 6.29. The van der Waals surface area contributed by atoms with Crippen LogP contribution in [0.1, 0.15) is 0 Å². The Kier molecular flexibility index (Phi) is 3.57. The summed E-state index contributed by atoms with van der Waals surface area (Å²) in [6.45, 7) is 2.80. The van der Waals surface area contributed by atoms with Crippen molar-refractivity contribution in [3.05, 3.63) is 0 Å². The summed E-state index contributed by atoms with van der Waals surface area (Å²) in [5.74, 6) is 0. The molecular formula is C5H9IO4P2. The van der Waals surface area contributed by atoms with Crippen LogP contribution in [0.25, 0.3) is 0 Å². The fraction of sp³-hybridized carbons (Fsp3) is 1.00. The molecule has 2 rings (SSSR count). The van der Waals surface area contributed by atoms with Crippen molar-refractivity contribution in [3.63, 3.8) is 0 Å². The third-order valence-electron chi connectivity index (χ3n) is 1.82. The van der Waals surface area contributed by atoms with Crippen LogP contribution >= 0.6 is 37.1 Å². The molecule has 0 amide bonds. The first-order chi connectivity index (χ1) is 5.81. The first kappa shape index (κ1) is 9.97. The van der Waals surface area contributed by atoms with Crippen molar-refractivity contribution in [2.45, 2.75) is 0 Å². The molecule has 12 heavy (non-hydrogen) atoms. The maximum Gasteiger partial charge on any atom is 0.239 e. The van der Waals surface area contributed by atoms with Crippen LogP contribution in [0.5, 0.6) is 0 Å². The van der Waals surface area contributed by atoms with Crippen molar-refractivity contribution >= 4 is 37.1 Å². The highest BCUT2D eigenvalue weighted by atomic mass is 127. The van der Waals surface area contributed by atoms with Gasteiger partial charge in [-0.25, -0.2) is 0 Å². The molecule has 2 heterocycles. The average molecular weight is 322 g/mol. The van der Waals surface area contributed by atoms with E-state index in [1.165, 1.54) is 0 Å². The van der Waals surface area contributed by atoms with E-state index >= 15 is 0 Å². The minimum absolute atomic E-state index is 0.0325. The minimum atomic E-state index is -0.681. The lowest BCUT2D eigenvalue weighted by molar-refractivity contribution is -0.0452. The smallest absolute Gasteiger partial charge is 0.239 e. The monoisotopic (exact) mass is 322 g/mol. The average Bonchev–Trinajstić information content (AvgIpc) is 2.13. The maximum atomic E-state index is 5.44. The van der Waals surface area contributed by atoms with Gasteiger partial charge in [-0.15, -0.1) is 0 Å². The van der Waals surface area contributed by atoms with E-state index in [1.807, 2.05) is 0 Å². The van der Waals surface area contributed by atoms with Gasteiger partial charge in [0.25, 0.3) is 0 Å². The zero-order valence-corrected chi connectivity index (χ0v) is 10.3. The van der Waals surface area contributed by atoms with Crippen molar-refractivity contribution in [2.24, 2.45) is 5.41 Å². The third kappa shape index (κ3) is 2.27. The Labute approximate surface area is 87.0 Å². The van der Waals surface area contributed by atoms with Crippen LogP contribution in [0.3, 0.4) is 0 Å². The van der Waals surface area contributed by atoms with Gasteiger partial charge in [0.2, 0.25) is 6.02 Å². The largest absolute Gasteiger partial charge is 0.335 e. The Bertz CT molecular complexity index is 154. The molecule has 0 bridgehead atoms. The van der Waals surface area contributed by atoms with Gasteiger partial charge in [0.15, 0.2) is 9.03 Å². The van der Waals surface area contributed by atoms with E-state index in [0.29, 0.717) is 26.4 Å². The molecule has 7 heteroatoms. The minimum Gasteiger partial charge on any atom is -0.335 e. The fourth-order valence-electron chi connectivity index (χ4n) is 1.07. The summed E-state index contributed by atoms with van der Waals surface area (Å²) < 4.78 is 21.4. The standard InChI is InChI=1S/C5H9IO4P2/c6-12-9-3-5(4-10-12)1-7-11-8-2-5/h11H,1-4H2. The summed E-state index contributed by atoms with van der Waals surface area (Å²) in [5.41, 5.74) is -0.0325. The number of hydrogen-bond acceptors (Lipinski definition) is 4. The lowest BCUT2D eigenvalue weighted by atomic mass is 9.93. The Balaban J connectivity index is 1.92. The number of halogens is 1. The fourth-order valence-corrected chi connectivity index (χ4v) is 3.54. The molecule has 0 radical (unpaired) electrons. The van der Waals surface area contributed by atoms with Crippen LogP contribution in [0, 0.1) is 5.41 Å². The van der Waals surface area contributed by atoms with Crippen LogP contribution in [0.15, 0.2) is 0 Å². The number of rotatable bonds is 0. The van der Waals surface area contributed by atoms with Crippen molar-refractivity contribution in [1.29, 1.82) is 0 Å². The van der Waals surface area contributed by atoms with E-state index in [-0.39, 0.29) is 14.4 Å². The molecule has 2 fully saturated rings. The van der Waals surface area contributed by atoms with Crippen LogP contribution < -0.4 is 0 Å². The van der Waals surface area contributed by atoms with Gasteiger partial charge in [0.05, 0.1) is 31.8 Å². The summed E-state index contributed by atoms with van der Waals surface area (Å²) >= 11 is 2.18. The van der Waals surface area contributed by atoms with E-state index in [2.05, 4.69) is 22.0 Å². The second kappa shape index (κ2) is 4.30. The summed E-state index contributed by atoms with van der Waals surface area (Å²) in [6.07, 6.45) is 0. The molecular weight excluding hydrogens is 313 g/mol. The zero-order chi connectivity index (χ0) is 8.44. The van der Waals surface area contributed by atoms with Gasteiger partial charge in [-0.1, -0.05) is 0 Å². The second-order valence-corrected chi connectivity index (χ2v) is 6.97. The molecule has 0 saturated carbocycles. The molecule has 0 atom stereocenters. The van der Waals surface area contributed by atoms with E-state index in [1.54, 1.807) is 0 Å². The molecule has 2 aliphatic rings. The second-order valence-electron chi connectivity index (χ2n) is 2.92. The van der Waals surface area contributed by atoms with Crippen molar-refractivity contribution < 1.29 is 18.1 Å². The molecule has 1 spiro atoms. The van der Waals surface area contributed by atoms with E-state index in [0.717, 1.165) is 0 Å². The third-order valence-corrected chi connectivity index (χ3v) is 4.68. The highest BCUT2D eigenvalue weighted by Gasteiger charge is 2.39. The van der Waals surface area contributed by atoms with Crippen LogP contribution in [0.4, 0.5) is 0 Å². The molecule has 0 N–H and O–H groups in total. The summed E-state index contributed by atoms with van der Waals surface area (Å²) in [7, 11) is 0.186. The van der Waals surface area contributed by atoms with Crippen molar-refractivity contribution in [1.82, 2.24) is 0 Å². The predicted molar refractivity (Wildman–Crippen MR) is 55.5 cm³/mol. The lowest BCUT2D eigenvalue weighted by Crippen LogP contribution is -2.43. The van der Waals surface area contributed by atoms with E-state index in [9.17, 15) is 0 Å². The SMILES string of the molecule is IP1OCC2(COPOC2)CO1. The molecule has 0 aromatic carbocycles. The quantitative estimate of drug-likeness (QED) is 0.506. The topological polar surface area (TPSA) is 36.9 Å². The predicted octanol–water partition coefficient (Wildman–Crippen LogP) is 2.24. The Morgan fingerprint density at radius 3 is 2.25 bits per heavy atom. The molecule has 2 saturated heterocycles. The van der Waals surface area contributed by atoms with Gasteiger partial charge in [-0.2, -0.15) is 0 Å². The summed E-state index contributed by atoms with van der Waals surface area (Å²) in [6, 6.07) is -0.681. The molecule has 2 aliphatic heterocycles. The van der Waals surface area contributed by atoms with Crippen molar-refractivity contribution in [2.75, 3.05) is 26.4 Å². The van der Waals surface area contributed by atoms with Gasteiger partial charge in [0.1, 0.15) is 0 Å². The maximum absolute atomic E-state index is 5.44. The molecule has 0 aromatic heterocycles. The molecule has 0 aliphatic carbocycles. The molecule has 70 valence electrons. The summed E-state index contributed by atoms with van der Waals surface area (Å²) in [5, 5.41) is 0. The first-order valence-corrected chi connectivity index (χ1v) is 8.29. The van der Waals surface area contributed by atoms with Gasteiger partial charge in [0, 0.05) is 22.0 Å². The number of hydrogen-bond donors (Lipinski definition) is 0. The van der Waals surface area contributed by atoms with Gasteiger partial charge in [-0.3, -0.25) is 0 Å². The van der Waals surface area contributed by atoms with E-state index in [4.69, 9.17) is 18.1 Å². The molecule has 4 nitrogen and oxygen atoms in total. The van der Waals surface area contributed by atoms with Crippen LogP contribution in [0.2, 0.25) is 0 Å². The first-order valence-electron chi connectivity index (χ1n) is 3.51. The highest BCUT2D eigenvalue weighted by Crippen LogP contribution is 2.53. The van der Waals surface area contributed by atoms with Crippen LogP contribution in [-0.2, 0) is 18.1 Å². The van der Waals surface area contributed by atoms with Gasteiger partial charge >= 0.3 is 0 Å². The van der Waals surface area contributed by atoms with Crippen LogP contribution in [-0.4, -0.2) is 26.4 Å². The van der Waals surface area contributed by atoms with Gasteiger partial charge < -0.3 is 18.1 Å². The van der Waals surface area contributed by atoms with E-state index < -0.39 is 6.02 Å². The normalized spacial score (nSPS) is 45.2. The Morgan fingerprint density at radius 2 is 1.67 bits per heavy atom. The summed E-state index contributed by atoms with van der Waals surface area (Å²) in [4.78, 5) is 0. The van der Waals surface area contributed by atoms with Gasteiger partial charge in [-0.05, 0) is 0 Å². The Morgan fingerprint density at radius 1 is 1.08 bits per heavy atom. The van der Waals surface area contributed by atoms with Crippen molar-refractivity contribution in [3.8, 4) is 0 Å². The molecule has 0 unspecified atom stereocenters. The highest BCUT2D eigenvalue weighted by molar-refractivity contribution is 14.2. The lowest BCUT2D eigenvalue weighted by Gasteiger charge is -2.39. The Hall–Kier alpha value is 1.43. The molecule has 0 aromatic rings.